The van der Waals surface area contributed by atoms with Crippen LogP contribution in [0.25, 0.3) is 0 Å². The highest BCUT2D eigenvalue weighted by molar-refractivity contribution is 6.23. The fourth-order valence-electron chi connectivity index (χ4n) is 7.16. The van der Waals surface area contributed by atoms with Crippen LogP contribution in [-0.2, 0) is 9.59 Å². The predicted molar refractivity (Wildman–Crippen MR) is 92.3 cm³/mol. The molecule has 0 N–H and O–H groups in total. The number of rotatable bonds is 1. The van der Waals surface area contributed by atoms with Crippen LogP contribution in [0, 0.1) is 47.3 Å². The van der Waals surface area contributed by atoms with Crippen LogP contribution in [0.2, 0.25) is 0 Å². The van der Waals surface area contributed by atoms with Crippen molar-refractivity contribution >= 4 is 17.5 Å². The Morgan fingerprint density at radius 3 is 1.88 bits per heavy atom. The van der Waals surface area contributed by atoms with E-state index in [-0.39, 0.29) is 23.7 Å². The molecule has 1 heterocycles. The van der Waals surface area contributed by atoms with Gasteiger partial charge in [0.25, 0.3) is 0 Å². The number of allylic oxidation sites excluding steroid dienone is 4. The normalized spacial score (nSPS) is 47.4. The summed E-state index contributed by atoms with van der Waals surface area (Å²) in [5, 5.41) is 0. The van der Waals surface area contributed by atoms with Gasteiger partial charge in [-0.2, -0.15) is 0 Å². The van der Waals surface area contributed by atoms with Gasteiger partial charge >= 0.3 is 0 Å². The van der Waals surface area contributed by atoms with Crippen molar-refractivity contribution in [3.63, 3.8) is 0 Å². The van der Waals surface area contributed by atoms with Crippen molar-refractivity contribution in [2.75, 3.05) is 4.90 Å². The molecule has 2 amide bonds. The largest absolute Gasteiger partial charge is 0.274 e. The summed E-state index contributed by atoms with van der Waals surface area (Å²) in [6.07, 6.45) is 7.24. The molecule has 25 heavy (non-hydrogen) atoms. The average Bonchev–Trinajstić information content (AvgIpc) is 3.17. The van der Waals surface area contributed by atoms with Gasteiger partial charge in [0.15, 0.2) is 0 Å². The highest BCUT2D eigenvalue weighted by Gasteiger charge is 2.69. The summed E-state index contributed by atoms with van der Waals surface area (Å²) in [6, 6.07) is 9.49. The first-order valence-electron chi connectivity index (χ1n) is 9.60. The van der Waals surface area contributed by atoms with Gasteiger partial charge in [-0.3, -0.25) is 14.5 Å². The molecule has 1 aromatic carbocycles. The third-order valence-corrected chi connectivity index (χ3v) is 7.98. The second-order valence-electron chi connectivity index (χ2n) is 8.76. The molecule has 4 bridgehead atoms. The topological polar surface area (TPSA) is 37.4 Å². The van der Waals surface area contributed by atoms with Crippen molar-refractivity contribution in [1.82, 2.24) is 0 Å². The van der Waals surface area contributed by atoms with E-state index >= 15 is 0 Å². The van der Waals surface area contributed by atoms with E-state index in [0.717, 1.165) is 23.9 Å². The summed E-state index contributed by atoms with van der Waals surface area (Å²) in [4.78, 5) is 27.9. The Bertz CT molecular complexity index is 861. The van der Waals surface area contributed by atoms with Gasteiger partial charge in [0, 0.05) is 11.8 Å². The molecular formula is C22H19NO2. The van der Waals surface area contributed by atoms with E-state index in [1.165, 1.54) is 11.3 Å². The quantitative estimate of drug-likeness (QED) is 0.586. The molecule has 3 fully saturated rings. The molecule has 1 aliphatic heterocycles. The summed E-state index contributed by atoms with van der Waals surface area (Å²) in [7, 11) is 0. The minimum absolute atomic E-state index is 0.0537. The van der Waals surface area contributed by atoms with Gasteiger partial charge in [-0.25, -0.2) is 0 Å². The zero-order valence-electron chi connectivity index (χ0n) is 13.8. The average molecular weight is 329 g/mol. The third kappa shape index (κ3) is 1.32. The number of nitrogens with zero attached hydrogens (tertiary/aromatic N) is 1. The Labute approximate surface area is 146 Å². The molecule has 8 atom stereocenters. The van der Waals surface area contributed by atoms with Crippen LogP contribution in [0.15, 0.2) is 53.6 Å². The lowest BCUT2D eigenvalue weighted by molar-refractivity contribution is -0.123. The molecule has 124 valence electrons. The van der Waals surface area contributed by atoms with Crippen molar-refractivity contribution in [3.05, 3.63) is 53.6 Å². The fraction of sp³-hybridized carbons (Fsp3) is 0.455. The number of carbonyl (C=O) groups excluding carboxylic acids is 2. The smallest absolute Gasteiger partial charge is 0.238 e. The van der Waals surface area contributed by atoms with Crippen LogP contribution >= 0.6 is 0 Å². The number of hydrogen-bond donors (Lipinski definition) is 0. The van der Waals surface area contributed by atoms with Gasteiger partial charge < -0.3 is 0 Å². The second kappa shape index (κ2) is 3.98. The first-order chi connectivity index (χ1) is 12.3. The standard InChI is InChI=1S/C22H19NO2/c24-21-19-15-9-16(18-12-7-6-11(17(15)18)13-8-14(12)13)20(19)22(25)23(21)10-4-2-1-3-5-10/h1-7,11-16,19-20H,8-9H2/t11-,12-,13-,14-,15-,16-,19+,20+/m0/s1. The maximum Gasteiger partial charge on any atom is 0.238 e. The molecule has 6 aliphatic carbocycles. The van der Waals surface area contributed by atoms with Gasteiger partial charge in [-0.1, -0.05) is 41.5 Å². The first kappa shape index (κ1) is 13.1. The maximum atomic E-state index is 13.2. The van der Waals surface area contributed by atoms with E-state index in [9.17, 15) is 9.59 Å². The number of carbonyl (C=O) groups is 2. The van der Waals surface area contributed by atoms with Crippen LogP contribution in [0.4, 0.5) is 5.69 Å². The van der Waals surface area contributed by atoms with Crippen molar-refractivity contribution < 1.29 is 9.59 Å². The maximum absolute atomic E-state index is 13.2. The molecule has 0 aromatic heterocycles. The molecule has 2 saturated carbocycles. The van der Waals surface area contributed by atoms with Gasteiger partial charge in [0.1, 0.15) is 0 Å². The molecule has 7 aliphatic rings. The van der Waals surface area contributed by atoms with Crippen molar-refractivity contribution in [1.29, 1.82) is 0 Å². The summed E-state index contributed by atoms with van der Waals surface area (Å²) in [5.41, 5.74) is 3.93. The molecule has 8 rings (SSSR count). The Morgan fingerprint density at radius 2 is 1.32 bits per heavy atom. The van der Waals surface area contributed by atoms with Crippen LogP contribution in [0.5, 0.6) is 0 Å². The SMILES string of the molecule is O=C1[C@H]2[C@H](C(=O)N1c1ccccc1)[C@H]1C[C@H]2C2=C1[C@H]1C=C[C@H]2[C@@H]2C[C@H]21. The van der Waals surface area contributed by atoms with Crippen molar-refractivity contribution in [2.24, 2.45) is 47.3 Å². The molecule has 3 nitrogen and oxygen atoms in total. The predicted octanol–water partition coefficient (Wildman–Crippen LogP) is 3.19. The minimum Gasteiger partial charge on any atom is -0.274 e. The van der Waals surface area contributed by atoms with E-state index < -0.39 is 0 Å². The zero-order chi connectivity index (χ0) is 16.4. The lowest BCUT2D eigenvalue weighted by Gasteiger charge is -2.40. The lowest BCUT2D eigenvalue weighted by atomic mass is 9.63. The molecule has 0 unspecified atom stereocenters. The van der Waals surface area contributed by atoms with Crippen LogP contribution < -0.4 is 4.90 Å². The van der Waals surface area contributed by atoms with E-state index in [1.807, 2.05) is 30.3 Å². The van der Waals surface area contributed by atoms with Crippen LogP contribution in [-0.4, -0.2) is 11.8 Å². The minimum atomic E-state index is -0.0959. The van der Waals surface area contributed by atoms with E-state index in [0.29, 0.717) is 23.7 Å². The molecule has 1 aromatic rings. The fourth-order valence-corrected chi connectivity index (χ4v) is 7.16. The Balaban J connectivity index is 1.34. The molecule has 1 saturated heterocycles. The monoisotopic (exact) mass is 329 g/mol. The molecular weight excluding hydrogens is 310 g/mol. The highest BCUT2D eigenvalue weighted by Crippen LogP contribution is 2.72. The first-order valence-corrected chi connectivity index (χ1v) is 9.60. The summed E-state index contributed by atoms with van der Waals surface area (Å²) in [6.45, 7) is 0. The Hall–Kier alpha value is -2.16. The van der Waals surface area contributed by atoms with E-state index in [4.69, 9.17) is 0 Å². The number of amides is 2. The summed E-state index contributed by atoms with van der Waals surface area (Å²) in [5.74, 6) is 3.40. The second-order valence-corrected chi connectivity index (χ2v) is 8.76. The number of benzene rings is 1. The Kier molecular flexibility index (Phi) is 2.08. The van der Waals surface area contributed by atoms with Crippen molar-refractivity contribution in [2.45, 2.75) is 12.8 Å². The molecule has 0 spiro atoms. The van der Waals surface area contributed by atoms with Gasteiger partial charge in [-0.05, 0) is 48.6 Å². The van der Waals surface area contributed by atoms with Gasteiger partial charge in [0.05, 0.1) is 17.5 Å². The van der Waals surface area contributed by atoms with Gasteiger partial charge in [-0.15, -0.1) is 0 Å². The number of para-hydroxylation sites is 1. The third-order valence-electron chi connectivity index (χ3n) is 7.98. The Morgan fingerprint density at radius 1 is 0.760 bits per heavy atom. The van der Waals surface area contributed by atoms with E-state index in [2.05, 4.69) is 12.2 Å². The van der Waals surface area contributed by atoms with Crippen LogP contribution in [0.3, 0.4) is 0 Å². The number of imide groups is 1. The van der Waals surface area contributed by atoms with E-state index in [1.54, 1.807) is 11.1 Å². The van der Waals surface area contributed by atoms with Gasteiger partial charge in [0.2, 0.25) is 11.8 Å². The zero-order valence-corrected chi connectivity index (χ0v) is 13.8. The molecule has 3 heteroatoms. The number of hydrogen-bond acceptors (Lipinski definition) is 2. The highest BCUT2D eigenvalue weighted by atomic mass is 16.2. The summed E-state index contributed by atoms with van der Waals surface area (Å²) < 4.78 is 0. The molecule has 0 radical (unpaired) electrons. The summed E-state index contributed by atoms with van der Waals surface area (Å²) >= 11 is 0. The van der Waals surface area contributed by atoms with Crippen LogP contribution in [0.1, 0.15) is 12.8 Å². The van der Waals surface area contributed by atoms with Crippen molar-refractivity contribution in [3.8, 4) is 0 Å². The number of fused-ring (bicyclic) bond motifs is 5. The number of anilines is 1. The lowest BCUT2D eigenvalue weighted by Crippen LogP contribution is -2.36.